The highest BCUT2D eigenvalue weighted by Gasteiger charge is 2.17. The predicted molar refractivity (Wildman–Crippen MR) is 93.4 cm³/mol. The van der Waals surface area contributed by atoms with Crippen molar-refractivity contribution in [2.24, 2.45) is 0 Å². The molecule has 0 saturated carbocycles. The summed E-state index contributed by atoms with van der Waals surface area (Å²) in [7, 11) is 2.05. The third-order valence-corrected chi connectivity index (χ3v) is 5.32. The molecule has 0 amide bonds. The number of halogens is 1. The Balaban J connectivity index is 1.92. The first-order chi connectivity index (χ1) is 10.1. The van der Waals surface area contributed by atoms with Crippen LogP contribution in [0.2, 0.25) is 4.34 Å². The van der Waals surface area contributed by atoms with Crippen molar-refractivity contribution < 1.29 is 0 Å². The molecule has 1 aromatic carbocycles. The van der Waals surface area contributed by atoms with E-state index in [2.05, 4.69) is 27.5 Å². The van der Waals surface area contributed by atoms with Gasteiger partial charge in [0.25, 0.3) is 0 Å². The SMILES string of the molecule is CN(Cc1ccc(Cl)s1)c1snc(N)c1-c1ccccc1. The number of rotatable bonds is 4. The van der Waals surface area contributed by atoms with Gasteiger partial charge in [-0.15, -0.1) is 11.3 Å². The molecular formula is C15H14ClN3S2. The smallest absolute Gasteiger partial charge is 0.147 e. The summed E-state index contributed by atoms with van der Waals surface area (Å²) in [5, 5.41) is 1.07. The summed E-state index contributed by atoms with van der Waals surface area (Å²) in [6.45, 7) is 0.791. The predicted octanol–water partition coefficient (Wildman–Crippen LogP) is 4.74. The standard InChI is InChI=1S/C15H14ClN3S2/c1-19(9-11-7-8-12(16)20-11)15-13(14(17)18-21-15)10-5-3-2-4-6-10/h2-8H,9H2,1H3,(H2,17,18). The maximum atomic E-state index is 6.06. The summed E-state index contributed by atoms with van der Waals surface area (Å²) in [4.78, 5) is 3.38. The molecule has 2 aromatic heterocycles. The lowest BCUT2D eigenvalue weighted by Crippen LogP contribution is -2.15. The van der Waals surface area contributed by atoms with Crippen LogP contribution in [0.1, 0.15) is 4.88 Å². The number of aromatic nitrogens is 1. The minimum atomic E-state index is 0.581. The molecule has 0 atom stereocenters. The van der Waals surface area contributed by atoms with Crippen molar-refractivity contribution in [3.8, 4) is 11.1 Å². The monoisotopic (exact) mass is 335 g/mol. The molecule has 3 rings (SSSR count). The largest absolute Gasteiger partial charge is 0.382 e. The molecule has 6 heteroatoms. The zero-order valence-electron chi connectivity index (χ0n) is 11.4. The van der Waals surface area contributed by atoms with Crippen molar-refractivity contribution in [1.29, 1.82) is 0 Å². The van der Waals surface area contributed by atoms with Crippen LogP contribution in [0.25, 0.3) is 11.1 Å². The maximum absolute atomic E-state index is 6.06. The minimum absolute atomic E-state index is 0.581. The van der Waals surface area contributed by atoms with Crippen molar-refractivity contribution in [1.82, 2.24) is 4.37 Å². The Morgan fingerprint density at radius 2 is 1.95 bits per heavy atom. The van der Waals surface area contributed by atoms with E-state index in [1.807, 2.05) is 31.3 Å². The molecule has 0 saturated heterocycles. The van der Waals surface area contributed by atoms with E-state index in [1.54, 1.807) is 11.3 Å². The first-order valence-electron chi connectivity index (χ1n) is 6.41. The van der Waals surface area contributed by atoms with Crippen molar-refractivity contribution in [3.05, 3.63) is 51.7 Å². The number of hydrogen-bond donors (Lipinski definition) is 1. The Kier molecular flexibility index (Phi) is 4.14. The van der Waals surface area contributed by atoms with Crippen molar-refractivity contribution >= 4 is 45.3 Å². The summed E-state index contributed by atoms with van der Waals surface area (Å²) in [6.07, 6.45) is 0. The molecule has 0 bridgehead atoms. The van der Waals surface area contributed by atoms with Crippen LogP contribution in [0.4, 0.5) is 10.8 Å². The van der Waals surface area contributed by atoms with Crippen LogP contribution in [0.5, 0.6) is 0 Å². The van der Waals surface area contributed by atoms with Crippen molar-refractivity contribution in [2.45, 2.75) is 6.54 Å². The molecule has 0 unspecified atom stereocenters. The summed E-state index contributed by atoms with van der Waals surface area (Å²) in [6, 6.07) is 14.1. The normalized spacial score (nSPS) is 10.8. The van der Waals surface area contributed by atoms with Crippen molar-refractivity contribution in [3.63, 3.8) is 0 Å². The van der Waals surface area contributed by atoms with E-state index in [-0.39, 0.29) is 0 Å². The first kappa shape index (κ1) is 14.4. The van der Waals surface area contributed by atoms with Gasteiger partial charge in [-0.3, -0.25) is 0 Å². The van der Waals surface area contributed by atoms with Gasteiger partial charge in [0.1, 0.15) is 10.8 Å². The summed E-state index contributed by atoms with van der Waals surface area (Å²) < 4.78 is 5.13. The molecule has 108 valence electrons. The number of nitrogens with two attached hydrogens (primary N) is 1. The summed E-state index contributed by atoms with van der Waals surface area (Å²) in [5.74, 6) is 0.581. The van der Waals surface area contributed by atoms with E-state index < -0.39 is 0 Å². The number of hydrogen-bond acceptors (Lipinski definition) is 5. The van der Waals surface area contributed by atoms with E-state index in [0.29, 0.717) is 5.82 Å². The number of nitrogen functional groups attached to an aromatic ring is 1. The van der Waals surface area contributed by atoms with E-state index in [0.717, 1.165) is 27.0 Å². The van der Waals surface area contributed by atoms with Crippen LogP contribution < -0.4 is 10.6 Å². The average Bonchev–Trinajstić information content (AvgIpc) is 3.06. The topological polar surface area (TPSA) is 42.2 Å². The Hall–Kier alpha value is -1.56. The van der Waals surface area contributed by atoms with Crippen LogP contribution in [0.3, 0.4) is 0 Å². The van der Waals surface area contributed by atoms with Crippen LogP contribution in [-0.4, -0.2) is 11.4 Å². The highest BCUT2D eigenvalue weighted by Crippen LogP contribution is 2.39. The number of thiophene rings is 1. The van der Waals surface area contributed by atoms with Crippen LogP contribution in [0.15, 0.2) is 42.5 Å². The number of benzene rings is 1. The third-order valence-electron chi connectivity index (χ3n) is 3.13. The molecule has 0 spiro atoms. The van der Waals surface area contributed by atoms with Crippen LogP contribution in [0, 0.1) is 0 Å². The second-order valence-corrected chi connectivity index (χ2v) is 7.23. The lowest BCUT2D eigenvalue weighted by molar-refractivity contribution is 0.954. The number of anilines is 2. The van der Waals surface area contributed by atoms with Gasteiger partial charge in [0.2, 0.25) is 0 Å². The van der Waals surface area contributed by atoms with Gasteiger partial charge in [-0.1, -0.05) is 41.9 Å². The molecular weight excluding hydrogens is 322 g/mol. The van der Waals surface area contributed by atoms with E-state index in [9.17, 15) is 0 Å². The van der Waals surface area contributed by atoms with E-state index >= 15 is 0 Å². The van der Waals surface area contributed by atoms with E-state index in [1.165, 1.54) is 16.4 Å². The minimum Gasteiger partial charge on any atom is -0.382 e. The zero-order chi connectivity index (χ0) is 14.8. The molecule has 21 heavy (non-hydrogen) atoms. The Bertz CT molecular complexity index is 736. The highest BCUT2D eigenvalue weighted by atomic mass is 35.5. The first-order valence-corrected chi connectivity index (χ1v) is 8.38. The Morgan fingerprint density at radius 1 is 1.19 bits per heavy atom. The second-order valence-electron chi connectivity index (χ2n) is 4.68. The molecule has 3 aromatic rings. The van der Waals surface area contributed by atoms with Gasteiger partial charge in [0.05, 0.1) is 16.4 Å². The van der Waals surface area contributed by atoms with E-state index in [4.69, 9.17) is 17.3 Å². The molecule has 0 aliphatic carbocycles. The highest BCUT2D eigenvalue weighted by molar-refractivity contribution is 7.16. The Labute approximate surface area is 136 Å². The molecule has 2 heterocycles. The van der Waals surface area contributed by atoms with Gasteiger partial charge in [-0.2, -0.15) is 4.37 Å². The fourth-order valence-corrected chi connectivity index (χ4v) is 4.11. The molecule has 2 N–H and O–H groups in total. The van der Waals surface area contributed by atoms with Gasteiger partial charge >= 0.3 is 0 Å². The van der Waals surface area contributed by atoms with Gasteiger partial charge in [-0.05, 0) is 29.2 Å². The van der Waals surface area contributed by atoms with Gasteiger partial charge < -0.3 is 10.6 Å². The van der Waals surface area contributed by atoms with Gasteiger partial charge in [-0.25, -0.2) is 0 Å². The lowest BCUT2D eigenvalue weighted by atomic mass is 10.1. The van der Waals surface area contributed by atoms with Crippen LogP contribution in [-0.2, 0) is 6.54 Å². The molecule has 0 fully saturated rings. The van der Waals surface area contributed by atoms with Gasteiger partial charge in [0, 0.05) is 11.9 Å². The molecule has 0 aliphatic rings. The molecule has 0 radical (unpaired) electrons. The quantitative estimate of drug-likeness (QED) is 0.748. The third kappa shape index (κ3) is 3.05. The van der Waals surface area contributed by atoms with Gasteiger partial charge in [0.15, 0.2) is 0 Å². The fourth-order valence-electron chi connectivity index (χ4n) is 2.17. The summed E-state index contributed by atoms with van der Waals surface area (Å²) >= 11 is 9.02. The zero-order valence-corrected chi connectivity index (χ0v) is 13.8. The second kappa shape index (κ2) is 6.05. The number of nitrogens with zero attached hydrogens (tertiary/aromatic N) is 2. The average molecular weight is 336 g/mol. The lowest BCUT2D eigenvalue weighted by Gasteiger charge is -2.18. The summed E-state index contributed by atoms with van der Waals surface area (Å²) in [5.41, 5.74) is 8.16. The van der Waals surface area contributed by atoms with Crippen LogP contribution >= 0.6 is 34.5 Å². The Morgan fingerprint density at radius 3 is 2.62 bits per heavy atom. The fraction of sp³-hybridized carbons (Fsp3) is 0.133. The molecule has 3 nitrogen and oxygen atoms in total. The van der Waals surface area contributed by atoms with Crippen molar-refractivity contribution in [2.75, 3.05) is 17.7 Å². The molecule has 0 aliphatic heterocycles. The maximum Gasteiger partial charge on any atom is 0.147 e.